The molecule has 0 saturated carbocycles. The second kappa shape index (κ2) is 7.05. The lowest BCUT2D eigenvalue weighted by atomic mass is 9.80. The summed E-state index contributed by atoms with van der Waals surface area (Å²) in [6, 6.07) is 27.4. The summed E-state index contributed by atoms with van der Waals surface area (Å²) in [6.45, 7) is 12.6. The first kappa shape index (κ1) is 20.9. The van der Waals surface area contributed by atoms with E-state index in [0.29, 0.717) is 0 Å². The Morgan fingerprint density at radius 1 is 0.722 bits per heavy atom. The number of hydrogen-bond donors (Lipinski definition) is 0. The maximum absolute atomic E-state index is 13.6. The van der Waals surface area contributed by atoms with Gasteiger partial charge >= 0.3 is 0 Å². The van der Waals surface area contributed by atoms with Crippen molar-refractivity contribution in [3.63, 3.8) is 0 Å². The number of pyridine rings is 1. The molecule has 1 aliphatic rings. The maximum atomic E-state index is 13.6. The average Bonchev–Trinajstić information content (AvgIpc) is 3.35. The molecule has 2 heterocycles. The molecule has 2 nitrogen and oxygen atoms in total. The molecule has 0 radical (unpaired) electrons. The maximum Gasteiger partial charge on any atom is 0.263 e. The Bertz CT molecular complexity index is 2020. The first-order valence-corrected chi connectivity index (χ1v) is 12.3. The zero-order valence-corrected chi connectivity index (χ0v) is 20.4. The van der Waals surface area contributed by atoms with E-state index in [2.05, 4.69) is 81.6 Å². The highest BCUT2D eigenvalue weighted by Crippen LogP contribution is 2.48. The minimum Gasteiger partial charge on any atom is -0.275 e. The Balaban J connectivity index is 1.51. The quantitative estimate of drug-likeness (QED) is 0.242. The summed E-state index contributed by atoms with van der Waals surface area (Å²) in [4.78, 5) is 13.6. The van der Waals surface area contributed by atoms with Gasteiger partial charge in [0, 0.05) is 27.0 Å². The smallest absolute Gasteiger partial charge is 0.263 e. The van der Waals surface area contributed by atoms with E-state index in [1.807, 2.05) is 40.8 Å². The number of benzene rings is 4. The van der Waals surface area contributed by atoms with Crippen LogP contribution in [0.15, 0.2) is 115 Å². The summed E-state index contributed by atoms with van der Waals surface area (Å²) in [5, 5.41) is 5.08. The van der Waals surface area contributed by atoms with Crippen LogP contribution < -0.4 is 5.56 Å². The SMILES string of the molecule is C=CC1=C(C=C)C(C)(C)c2cc(-c3ccc4c(c3)c3cccc5c6ccccc6c(=O)n4c53)ccc21. The van der Waals surface area contributed by atoms with E-state index >= 15 is 0 Å². The Morgan fingerprint density at radius 2 is 1.39 bits per heavy atom. The molecule has 172 valence electrons. The molecular weight excluding hydrogens is 438 g/mol. The first-order valence-electron chi connectivity index (χ1n) is 12.3. The largest absolute Gasteiger partial charge is 0.275 e. The molecule has 0 aliphatic heterocycles. The number of nitrogens with zero attached hydrogens (tertiary/aromatic N) is 1. The van der Waals surface area contributed by atoms with Crippen molar-refractivity contribution >= 4 is 43.5 Å². The molecule has 0 fully saturated rings. The van der Waals surface area contributed by atoms with Crippen LogP contribution in [0.2, 0.25) is 0 Å². The fourth-order valence-electron chi connectivity index (χ4n) is 6.39. The van der Waals surface area contributed by atoms with Gasteiger partial charge < -0.3 is 0 Å². The third-order valence-electron chi connectivity index (χ3n) is 8.13. The molecule has 2 heteroatoms. The highest BCUT2D eigenvalue weighted by molar-refractivity contribution is 6.20. The van der Waals surface area contributed by atoms with E-state index in [9.17, 15) is 4.79 Å². The lowest BCUT2D eigenvalue weighted by molar-refractivity contribution is 0.655. The third kappa shape index (κ3) is 2.48. The molecule has 7 rings (SSSR count). The minimum absolute atomic E-state index is 0.0383. The number of fused-ring (bicyclic) bond motifs is 6. The van der Waals surface area contributed by atoms with Crippen LogP contribution in [0.5, 0.6) is 0 Å². The fraction of sp³-hybridized carbons (Fsp3) is 0.0882. The van der Waals surface area contributed by atoms with E-state index in [1.165, 1.54) is 27.8 Å². The van der Waals surface area contributed by atoms with Gasteiger partial charge in [0.15, 0.2) is 0 Å². The number of hydrogen-bond acceptors (Lipinski definition) is 1. The standard InChI is InChI=1S/C34H25NO/c1-5-22-24-16-14-21(19-30(24)34(3,4)29(22)6-2)20-15-17-31-28(18-20)26-13-9-12-25-23-10-7-8-11-27(23)33(36)35(31)32(25)26/h5-19H,1-2H2,3-4H3. The molecule has 6 aromatic rings. The van der Waals surface area contributed by atoms with E-state index in [1.54, 1.807) is 0 Å². The minimum atomic E-state index is -0.136. The summed E-state index contributed by atoms with van der Waals surface area (Å²) in [5.41, 5.74) is 9.06. The Morgan fingerprint density at radius 3 is 2.14 bits per heavy atom. The summed E-state index contributed by atoms with van der Waals surface area (Å²) in [6.07, 6.45) is 3.91. The van der Waals surface area contributed by atoms with E-state index < -0.39 is 0 Å². The topological polar surface area (TPSA) is 21.5 Å². The van der Waals surface area contributed by atoms with E-state index in [0.717, 1.165) is 43.5 Å². The molecule has 1 aliphatic carbocycles. The summed E-state index contributed by atoms with van der Waals surface area (Å²) >= 11 is 0. The molecule has 0 amide bonds. The van der Waals surface area contributed by atoms with E-state index in [4.69, 9.17) is 0 Å². The van der Waals surface area contributed by atoms with E-state index in [-0.39, 0.29) is 11.0 Å². The van der Waals surface area contributed by atoms with Gasteiger partial charge in [-0.2, -0.15) is 0 Å². The molecule has 0 saturated heterocycles. The molecule has 0 atom stereocenters. The second-order valence-electron chi connectivity index (χ2n) is 10.2. The van der Waals surface area contributed by atoms with Crippen LogP contribution in [0.4, 0.5) is 0 Å². The lowest BCUT2D eigenvalue weighted by Gasteiger charge is -2.23. The van der Waals surface area contributed by atoms with Crippen molar-refractivity contribution in [2.45, 2.75) is 19.3 Å². The van der Waals surface area contributed by atoms with Crippen LogP contribution in [0.3, 0.4) is 0 Å². The van der Waals surface area contributed by atoms with Crippen LogP contribution >= 0.6 is 0 Å². The normalized spacial score (nSPS) is 14.8. The van der Waals surface area contributed by atoms with Gasteiger partial charge in [-0.15, -0.1) is 0 Å². The molecule has 36 heavy (non-hydrogen) atoms. The molecule has 0 bridgehead atoms. The van der Waals surface area contributed by atoms with Crippen LogP contribution in [0, 0.1) is 0 Å². The van der Waals surface area contributed by atoms with Crippen molar-refractivity contribution in [2.75, 3.05) is 0 Å². The molecule has 0 spiro atoms. The number of allylic oxidation sites excluding steroid dienone is 4. The van der Waals surface area contributed by atoms with Crippen LogP contribution in [0.1, 0.15) is 25.0 Å². The van der Waals surface area contributed by atoms with Gasteiger partial charge in [-0.1, -0.05) is 93.8 Å². The molecule has 2 aromatic heterocycles. The predicted octanol–water partition coefficient (Wildman–Crippen LogP) is 8.28. The van der Waals surface area contributed by atoms with Crippen molar-refractivity contribution in [1.29, 1.82) is 0 Å². The van der Waals surface area contributed by atoms with Crippen molar-refractivity contribution in [1.82, 2.24) is 4.40 Å². The van der Waals surface area contributed by atoms with Crippen molar-refractivity contribution in [2.24, 2.45) is 0 Å². The average molecular weight is 464 g/mol. The van der Waals surface area contributed by atoms with Crippen molar-refractivity contribution in [3.05, 3.63) is 131 Å². The number of rotatable bonds is 3. The van der Waals surface area contributed by atoms with Gasteiger partial charge in [0.25, 0.3) is 5.56 Å². The van der Waals surface area contributed by atoms with Gasteiger partial charge in [-0.3, -0.25) is 9.20 Å². The molecule has 4 aromatic carbocycles. The zero-order chi connectivity index (χ0) is 24.8. The van der Waals surface area contributed by atoms with Gasteiger partial charge in [0.1, 0.15) is 0 Å². The van der Waals surface area contributed by atoms with Crippen molar-refractivity contribution in [3.8, 4) is 11.1 Å². The van der Waals surface area contributed by atoms with Gasteiger partial charge in [0.05, 0.1) is 11.0 Å². The molecule has 0 unspecified atom stereocenters. The second-order valence-corrected chi connectivity index (χ2v) is 10.2. The fourth-order valence-corrected chi connectivity index (χ4v) is 6.39. The Hall–Kier alpha value is -4.43. The Kier molecular flexibility index (Phi) is 4.09. The summed E-state index contributed by atoms with van der Waals surface area (Å²) < 4.78 is 1.90. The summed E-state index contributed by atoms with van der Waals surface area (Å²) in [5.74, 6) is 0. The lowest BCUT2D eigenvalue weighted by Crippen LogP contribution is -2.16. The van der Waals surface area contributed by atoms with Gasteiger partial charge in [0.2, 0.25) is 0 Å². The molecule has 0 N–H and O–H groups in total. The zero-order valence-electron chi connectivity index (χ0n) is 20.4. The number of para-hydroxylation sites is 1. The Labute approximate surface area is 209 Å². The van der Waals surface area contributed by atoms with Crippen LogP contribution in [-0.2, 0) is 5.41 Å². The highest BCUT2D eigenvalue weighted by atomic mass is 16.1. The first-order chi connectivity index (χ1) is 17.5. The van der Waals surface area contributed by atoms with Gasteiger partial charge in [-0.25, -0.2) is 0 Å². The summed E-state index contributed by atoms with van der Waals surface area (Å²) in [7, 11) is 0. The van der Waals surface area contributed by atoms with Gasteiger partial charge in [-0.05, 0) is 63.1 Å². The third-order valence-corrected chi connectivity index (χ3v) is 8.13. The molecular formula is C34H25NO. The monoisotopic (exact) mass is 463 g/mol. The van der Waals surface area contributed by atoms with Crippen LogP contribution in [0.25, 0.3) is 54.7 Å². The van der Waals surface area contributed by atoms with Crippen LogP contribution in [-0.4, -0.2) is 4.40 Å². The predicted molar refractivity (Wildman–Crippen MR) is 153 cm³/mol. The number of aromatic nitrogens is 1. The highest BCUT2D eigenvalue weighted by Gasteiger charge is 2.35. The van der Waals surface area contributed by atoms with Crippen molar-refractivity contribution < 1.29 is 0 Å².